The van der Waals surface area contributed by atoms with E-state index < -0.39 is 41.0 Å². The van der Waals surface area contributed by atoms with Gasteiger partial charge in [-0.25, -0.2) is 9.59 Å². The molecule has 0 amide bonds. The number of nitrogens with one attached hydrogen (secondary N) is 1. The molecule has 3 rings (SSSR count). The molecular formula is C16H15ClN2O6. The second-order valence-electron chi connectivity index (χ2n) is 5.48. The van der Waals surface area contributed by atoms with Gasteiger partial charge >= 0.3 is 11.7 Å². The van der Waals surface area contributed by atoms with Gasteiger partial charge in [0.25, 0.3) is 5.56 Å². The van der Waals surface area contributed by atoms with Crippen LogP contribution < -0.4 is 11.2 Å². The maximum Gasteiger partial charge on any atom is 0.338 e. The van der Waals surface area contributed by atoms with E-state index in [4.69, 9.17) is 21.1 Å². The van der Waals surface area contributed by atoms with Crippen LogP contribution in [-0.4, -0.2) is 44.8 Å². The van der Waals surface area contributed by atoms with Gasteiger partial charge in [0.2, 0.25) is 0 Å². The molecule has 1 aromatic heterocycles. The van der Waals surface area contributed by atoms with Crippen LogP contribution in [0, 0.1) is 0 Å². The number of rotatable bonds is 4. The molecule has 0 spiro atoms. The van der Waals surface area contributed by atoms with E-state index in [1.165, 1.54) is 6.20 Å². The van der Waals surface area contributed by atoms with Crippen LogP contribution >= 0.6 is 11.6 Å². The number of benzene rings is 1. The maximum atomic E-state index is 11.9. The lowest BCUT2D eigenvalue weighted by Crippen LogP contribution is -2.35. The second-order valence-corrected chi connectivity index (χ2v) is 5.99. The van der Waals surface area contributed by atoms with Gasteiger partial charge in [-0.05, 0) is 12.1 Å². The molecule has 0 bridgehead atoms. The van der Waals surface area contributed by atoms with E-state index in [1.54, 1.807) is 30.3 Å². The Bertz CT molecular complexity index is 865. The van der Waals surface area contributed by atoms with E-state index in [-0.39, 0.29) is 6.61 Å². The average molecular weight is 367 g/mol. The Morgan fingerprint density at radius 1 is 1.28 bits per heavy atom. The first-order chi connectivity index (χ1) is 12.0. The Balaban J connectivity index is 1.69. The maximum absolute atomic E-state index is 11.9. The van der Waals surface area contributed by atoms with Crippen molar-refractivity contribution in [3.63, 3.8) is 0 Å². The number of aromatic nitrogens is 2. The van der Waals surface area contributed by atoms with Crippen molar-refractivity contribution in [2.45, 2.75) is 23.8 Å². The molecule has 1 fully saturated rings. The van der Waals surface area contributed by atoms with E-state index in [0.717, 1.165) is 10.6 Å². The highest BCUT2D eigenvalue weighted by Crippen LogP contribution is 2.32. The van der Waals surface area contributed by atoms with E-state index in [9.17, 15) is 19.5 Å². The normalized spacial score (nSPS) is 25.7. The van der Waals surface area contributed by atoms with E-state index >= 15 is 0 Å². The molecule has 25 heavy (non-hydrogen) atoms. The van der Waals surface area contributed by atoms with Crippen LogP contribution in [0.3, 0.4) is 0 Å². The van der Waals surface area contributed by atoms with Crippen molar-refractivity contribution in [2.75, 3.05) is 6.61 Å². The summed E-state index contributed by atoms with van der Waals surface area (Å²) in [5.41, 5.74) is -0.901. The van der Waals surface area contributed by atoms with Crippen molar-refractivity contribution in [1.29, 1.82) is 0 Å². The highest BCUT2D eigenvalue weighted by molar-refractivity contribution is 6.21. The Labute approximate surface area is 146 Å². The molecule has 2 aromatic rings. The molecular weight excluding hydrogens is 352 g/mol. The summed E-state index contributed by atoms with van der Waals surface area (Å²) >= 11 is 6.13. The summed E-state index contributed by atoms with van der Waals surface area (Å²) in [6.07, 6.45) is -1.83. The van der Waals surface area contributed by atoms with E-state index in [1.807, 2.05) is 0 Å². The third-order valence-electron chi connectivity index (χ3n) is 3.81. The number of halogens is 1. The highest BCUT2D eigenvalue weighted by Gasteiger charge is 2.44. The van der Waals surface area contributed by atoms with Crippen molar-refractivity contribution in [3.05, 3.63) is 69.0 Å². The van der Waals surface area contributed by atoms with Crippen molar-refractivity contribution in [1.82, 2.24) is 9.55 Å². The monoisotopic (exact) mass is 366 g/mol. The molecule has 9 heteroatoms. The average Bonchev–Trinajstić information content (AvgIpc) is 2.89. The molecule has 4 atom stereocenters. The van der Waals surface area contributed by atoms with Crippen LogP contribution in [0.5, 0.6) is 0 Å². The zero-order chi connectivity index (χ0) is 18.0. The summed E-state index contributed by atoms with van der Waals surface area (Å²) in [6, 6.07) is 9.51. The number of carbonyl (C=O) groups excluding carboxylic acids is 1. The number of aromatic amines is 1. The van der Waals surface area contributed by atoms with Gasteiger partial charge < -0.3 is 14.6 Å². The van der Waals surface area contributed by atoms with Gasteiger partial charge in [-0.2, -0.15) is 0 Å². The SMILES string of the molecule is O=C(OCC1OC(n2ccc(=O)[nH]c2=O)C(Cl)C1O)c1ccccc1. The molecule has 4 unspecified atom stereocenters. The molecule has 0 radical (unpaired) electrons. The Hall–Kier alpha value is -2.42. The van der Waals surface area contributed by atoms with Crippen LogP contribution in [0.4, 0.5) is 0 Å². The van der Waals surface area contributed by atoms with Crippen LogP contribution in [0.25, 0.3) is 0 Å². The summed E-state index contributed by atoms with van der Waals surface area (Å²) in [6.45, 7) is -0.229. The van der Waals surface area contributed by atoms with E-state index in [2.05, 4.69) is 4.98 Å². The van der Waals surface area contributed by atoms with Crippen LogP contribution in [0.2, 0.25) is 0 Å². The molecule has 2 N–H and O–H groups in total. The number of hydrogen-bond acceptors (Lipinski definition) is 6. The molecule has 132 valence electrons. The quantitative estimate of drug-likeness (QED) is 0.593. The van der Waals surface area contributed by atoms with Crippen molar-refractivity contribution < 1.29 is 19.4 Å². The minimum absolute atomic E-state index is 0.229. The van der Waals surface area contributed by atoms with E-state index in [0.29, 0.717) is 5.56 Å². The van der Waals surface area contributed by atoms with Gasteiger partial charge in [-0.15, -0.1) is 11.6 Å². The smallest absolute Gasteiger partial charge is 0.338 e. The predicted molar refractivity (Wildman–Crippen MR) is 87.6 cm³/mol. The van der Waals surface area contributed by atoms with Crippen molar-refractivity contribution in [2.24, 2.45) is 0 Å². The number of aliphatic hydroxyl groups is 1. The zero-order valence-electron chi connectivity index (χ0n) is 12.9. The minimum Gasteiger partial charge on any atom is -0.459 e. The number of ether oxygens (including phenoxy) is 2. The van der Waals surface area contributed by atoms with Crippen molar-refractivity contribution in [3.8, 4) is 0 Å². The first kappa shape index (κ1) is 17.4. The van der Waals surface area contributed by atoms with Crippen molar-refractivity contribution >= 4 is 17.6 Å². The number of alkyl halides is 1. The molecule has 1 aliphatic heterocycles. The van der Waals surface area contributed by atoms with Gasteiger partial charge in [-0.3, -0.25) is 14.3 Å². The third-order valence-corrected chi connectivity index (χ3v) is 4.28. The number of hydrogen-bond donors (Lipinski definition) is 2. The van der Waals surface area contributed by atoms with Gasteiger partial charge in [0.05, 0.1) is 5.56 Å². The Morgan fingerprint density at radius 2 is 2.00 bits per heavy atom. The number of carbonyl (C=O) groups is 1. The summed E-state index contributed by atoms with van der Waals surface area (Å²) in [4.78, 5) is 37.0. The summed E-state index contributed by atoms with van der Waals surface area (Å²) in [7, 11) is 0. The lowest BCUT2D eigenvalue weighted by Gasteiger charge is -2.16. The largest absolute Gasteiger partial charge is 0.459 e. The Kier molecular flexibility index (Phi) is 5.03. The van der Waals surface area contributed by atoms with Gasteiger partial charge in [0, 0.05) is 12.3 Å². The minimum atomic E-state index is -1.16. The highest BCUT2D eigenvalue weighted by atomic mass is 35.5. The molecule has 1 aromatic carbocycles. The molecule has 2 heterocycles. The summed E-state index contributed by atoms with van der Waals surface area (Å²) in [5, 5.41) is 9.23. The fourth-order valence-corrected chi connectivity index (χ4v) is 2.85. The second kappa shape index (κ2) is 7.22. The molecule has 0 saturated carbocycles. The fourth-order valence-electron chi connectivity index (χ4n) is 2.51. The first-order valence-electron chi connectivity index (χ1n) is 7.48. The summed E-state index contributed by atoms with van der Waals surface area (Å²) < 4.78 is 11.8. The number of nitrogens with zero attached hydrogens (tertiary/aromatic N) is 1. The lowest BCUT2D eigenvalue weighted by molar-refractivity contribution is -0.0530. The standard InChI is InChI=1S/C16H15ClN2O6/c17-12-13(21)10(8-24-15(22)9-4-2-1-3-5-9)25-14(12)19-7-6-11(20)18-16(19)23/h1-7,10,12-14,21H,8H2,(H,18,20,23). The zero-order valence-corrected chi connectivity index (χ0v) is 13.6. The fraction of sp³-hybridized carbons (Fsp3) is 0.312. The number of aliphatic hydroxyl groups excluding tert-OH is 1. The molecule has 1 saturated heterocycles. The molecule has 0 aliphatic carbocycles. The van der Waals surface area contributed by atoms with Crippen LogP contribution in [0.1, 0.15) is 16.6 Å². The third kappa shape index (κ3) is 3.65. The van der Waals surface area contributed by atoms with Gasteiger partial charge in [0.1, 0.15) is 24.2 Å². The molecule has 8 nitrogen and oxygen atoms in total. The topological polar surface area (TPSA) is 111 Å². The van der Waals surface area contributed by atoms with Crippen LogP contribution in [-0.2, 0) is 9.47 Å². The summed E-state index contributed by atoms with van der Waals surface area (Å²) in [5.74, 6) is -0.563. The van der Waals surface area contributed by atoms with Gasteiger partial charge in [0.15, 0.2) is 6.23 Å². The number of H-pyrrole nitrogens is 1. The predicted octanol–water partition coefficient (Wildman–Crippen LogP) is 0.259. The number of esters is 1. The lowest BCUT2D eigenvalue weighted by atomic mass is 10.2. The van der Waals surface area contributed by atoms with Gasteiger partial charge in [-0.1, -0.05) is 18.2 Å². The van der Waals surface area contributed by atoms with Crippen LogP contribution in [0.15, 0.2) is 52.2 Å². The first-order valence-corrected chi connectivity index (χ1v) is 7.92. The molecule has 1 aliphatic rings. The Morgan fingerprint density at radius 3 is 2.68 bits per heavy atom.